The van der Waals surface area contributed by atoms with E-state index in [-0.39, 0.29) is 6.61 Å². The lowest BCUT2D eigenvalue weighted by Gasteiger charge is -2.11. The van der Waals surface area contributed by atoms with Crippen LogP contribution < -0.4 is 0 Å². The predicted molar refractivity (Wildman–Crippen MR) is 43.2 cm³/mol. The van der Waals surface area contributed by atoms with E-state index in [1.165, 1.54) is 0 Å². The first-order chi connectivity index (χ1) is 4.42. The maximum atomic E-state index is 8.57. The minimum absolute atomic E-state index is 0.261. The van der Waals surface area contributed by atoms with Gasteiger partial charge in [-0.1, -0.05) is 0 Å². The van der Waals surface area contributed by atoms with Gasteiger partial charge in [-0.15, -0.1) is 0 Å². The number of hydrogen-bond acceptors (Lipinski definition) is 3. The van der Waals surface area contributed by atoms with Crippen molar-refractivity contribution in [1.29, 1.82) is 0 Å². The maximum absolute atomic E-state index is 8.57. The molecule has 0 aromatic heterocycles. The molecule has 0 atom stereocenters. The van der Waals surface area contributed by atoms with E-state index in [1.54, 1.807) is 0 Å². The zero-order chi connectivity index (χ0) is 8.20. The van der Waals surface area contributed by atoms with Crippen LogP contribution in [0.4, 0.5) is 0 Å². The summed E-state index contributed by atoms with van der Waals surface area (Å²) < 4.78 is 4.54. The summed E-state index contributed by atoms with van der Waals surface area (Å²) in [7, 11) is 3.73. The van der Waals surface area contributed by atoms with Crippen LogP contribution in [0.5, 0.6) is 0 Å². The van der Waals surface area contributed by atoms with E-state index >= 15 is 0 Å². The summed E-state index contributed by atoms with van der Waals surface area (Å²) in [6.07, 6.45) is 0. The number of nitrogens with zero attached hydrogens (tertiary/aromatic N) is 1. The van der Waals surface area contributed by atoms with Crippen molar-refractivity contribution in [2.75, 3.05) is 27.2 Å². The average Bonchev–Trinajstić information content (AvgIpc) is 1.59. The molecule has 4 nitrogen and oxygen atoms in total. The van der Waals surface area contributed by atoms with Gasteiger partial charge >= 0.3 is 6.72 Å². The Labute approximate surface area is 65.7 Å². The molecule has 10 heavy (non-hydrogen) atoms. The summed E-state index contributed by atoms with van der Waals surface area (Å²) in [5.74, 6) is 0. The quantitative estimate of drug-likeness (QED) is 0.593. The molecule has 0 fully saturated rings. The monoisotopic (exact) mass is 185 g/mol. The molecule has 0 rings (SSSR count). The van der Waals surface area contributed by atoms with Crippen molar-refractivity contribution in [3.63, 3.8) is 0 Å². The smallest absolute Gasteiger partial charge is 0.321 e. The Kier molecular flexibility index (Phi) is 4.60. The van der Waals surface area contributed by atoms with Gasteiger partial charge in [-0.05, 0) is 25.9 Å². The molecule has 0 bridgehead atoms. The molecule has 0 amide bonds. The van der Waals surface area contributed by atoms with Crippen LogP contribution in [0.2, 0.25) is 0 Å². The van der Waals surface area contributed by atoms with Gasteiger partial charge in [0.2, 0.25) is 0 Å². The lowest BCUT2D eigenvalue weighted by atomic mass is 10.6. The van der Waals surface area contributed by atoms with Crippen molar-refractivity contribution in [2.24, 2.45) is 0 Å². The SMILES string of the molecule is CN(C)CCOP(O)(O)=S. The Bertz CT molecular complexity index is 134. The van der Waals surface area contributed by atoms with Crippen molar-refractivity contribution in [2.45, 2.75) is 0 Å². The molecule has 0 aliphatic heterocycles. The van der Waals surface area contributed by atoms with Gasteiger partial charge < -0.3 is 19.2 Å². The number of hydrogen-bond donors (Lipinski definition) is 2. The fraction of sp³-hybridized carbons (Fsp3) is 1.00. The van der Waals surface area contributed by atoms with Gasteiger partial charge in [0, 0.05) is 6.54 Å². The van der Waals surface area contributed by atoms with Gasteiger partial charge in [-0.2, -0.15) is 0 Å². The summed E-state index contributed by atoms with van der Waals surface area (Å²) in [5.41, 5.74) is 0. The Morgan fingerprint density at radius 1 is 1.50 bits per heavy atom. The molecular weight excluding hydrogens is 173 g/mol. The summed E-state index contributed by atoms with van der Waals surface area (Å²) in [4.78, 5) is 19.0. The Morgan fingerprint density at radius 3 is 2.30 bits per heavy atom. The molecule has 6 heteroatoms. The van der Waals surface area contributed by atoms with Crippen LogP contribution in [0, 0.1) is 0 Å². The first kappa shape index (κ1) is 10.5. The third-order valence-corrected chi connectivity index (χ3v) is 1.63. The second kappa shape index (κ2) is 4.38. The second-order valence-electron chi connectivity index (χ2n) is 2.13. The molecule has 2 N–H and O–H groups in total. The molecule has 0 heterocycles. The third kappa shape index (κ3) is 8.49. The largest absolute Gasteiger partial charge is 0.325 e. The summed E-state index contributed by atoms with van der Waals surface area (Å²) in [5, 5.41) is 0. The van der Waals surface area contributed by atoms with E-state index in [2.05, 4.69) is 16.3 Å². The topological polar surface area (TPSA) is 52.9 Å². The number of rotatable bonds is 4. The van der Waals surface area contributed by atoms with E-state index in [0.717, 1.165) is 0 Å². The van der Waals surface area contributed by atoms with E-state index in [9.17, 15) is 0 Å². The first-order valence-electron chi connectivity index (χ1n) is 2.76. The van der Waals surface area contributed by atoms with Crippen LogP contribution in [0.25, 0.3) is 0 Å². The van der Waals surface area contributed by atoms with Gasteiger partial charge in [0.15, 0.2) is 0 Å². The highest BCUT2D eigenvalue weighted by atomic mass is 32.5. The van der Waals surface area contributed by atoms with Crippen LogP contribution in [-0.2, 0) is 16.3 Å². The number of likely N-dealkylation sites (N-methyl/N-ethyl adjacent to an activating group) is 1. The van der Waals surface area contributed by atoms with Crippen LogP contribution in [0.15, 0.2) is 0 Å². The standard InChI is InChI=1S/C4H12NO3PS/c1-5(2)3-4-8-9(6,7)10/h3-4H2,1-2H3,(H2,6,7,10). The summed E-state index contributed by atoms with van der Waals surface area (Å²) in [6, 6.07) is 0. The molecule has 62 valence electrons. The zero-order valence-corrected chi connectivity index (χ0v) is 7.73. The molecule has 0 aromatic carbocycles. The second-order valence-corrected chi connectivity index (χ2v) is 4.79. The summed E-state index contributed by atoms with van der Waals surface area (Å²) in [6.45, 7) is -2.52. The summed E-state index contributed by atoms with van der Waals surface area (Å²) >= 11 is 4.22. The highest BCUT2D eigenvalue weighted by Gasteiger charge is 2.06. The third-order valence-electron chi connectivity index (χ3n) is 0.798. The minimum atomic E-state index is -3.42. The molecular formula is C4H12NO3PS. The van der Waals surface area contributed by atoms with Crippen molar-refractivity contribution < 1.29 is 14.3 Å². The van der Waals surface area contributed by atoms with Gasteiger partial charge in [-0.25, -0.2) is 0 Å². The molecule has 0 aliphatic rings. The fourth-order valence-electron chi connectivity index (χ4n) is 0.342. The van der Waals surface area contributed by atoms with Gasteiger partial charge in [-0.3, -0.25) is 0 Å². The van der Waals surface area contributed by atoms with Crippen molar-refractivity contribution >= 4 is 18.5 Å². The normalized spacial score (nSPS) is 12.5. The van der Waals surface area contributed by atoms with E-state index in [1.807, 2.05) is 19.0 Å². The van der Waals surface area contributed by atoms with Crippen LogP contribution in [0.3, 0.4) is 0 Å². The lowest BCUT2D eigenvalue weighted by molar-refractivity contribution is 0.222. The van der Waals surface area contributed by atoms with Crippen molar-refractivity contribution in [1.82, 2.24) is 4.90 Å². The highest BCUT2D eigenvalue weighted by Crippen LogP contribution is 2.35. The molecule has 0 saturated carbocycles. The van der Waals surface area contributed by atoms with Crippen molar-refractivity contribution in [3.8, 4) is 0 Å². The zero-order valence-electron chi connectivity index (χ0n) is 6.02. The van der Waals surface area contributed by atoms with Gasteiger partial charge in [0.05, 0.1) is 6.61 Å². The highest BCUT2D eigenvalue weighted by molar-refractivity contribution is 8.06. The first-order valence-corrected chi connectivity index (χ1v) is 5.39. The molecule has 0 saturated heterocycles. The van der Waals surface area contributed by atoms with Gasteiger partial charge in [0.25, 0.3) is 0 Å². The lowest BCUT2D eigenvalue weighted by Crippen LogP contribution is -2.17. The molecule has 0 aromatic rings. The Balaban J connectivity index is 3.30. The van der Waals surface area contributed by atoms with Crippen LogP contribution in [-0.4, -0.2) is 41.9 Å². The molecule has 0 aliphatic carbocycles. The van der Waals surface area contributed by atoms with E-state index in [0.29, 0.717) is 6.54 Å². The Hall–Kier alpha value is 0.490. The van der Waals surface area contributed by atoms with E-state index < -0.39 is 6.72 Å². The van der Waals surface area contributed by atoms with Gasteiger partial charge in [0.1, 0.15) is 0 Å². The minimum Gasteiger partial charge on any atom is -0.325 e. The van der Waals surface area contributed by atoms with Crippen LogP contribution >= 0.6 is 6.72 Å². The average molecular weight is 185 g/mol. The van der Waals surface area contributed by atoms with Crippen molar-refractivity contribution in [3.05, 3.63) is 0 Å². The fourth-order valence-corrected chi connectivity index (χ4v) is 0.885. The Morgan fingerprint density at radius 2 is 2.00 bits per heavy atom. The van der Waals surface area contributed by atoms with Crippen LogP contribution in [0.1, 0.15) is 0 Å². The predicted octanol–water partition coefficient (Wildman–Crippen LogP) is -0.226. The molecule has 0 unspecified atom stereocenters. The molecule has 0 spiro atoms. The molecule has 0 radical (unpaired) electrons. The maximum Gasteiger partial charge on any atom is 0.321 e. The van der Waals surface area contributed by atoms with E-state index in [4.69, 9.17) is 9.79 Å².